The Kier molecular flexibility index (Phi) is 6.41. The lowest BCUT2D eigenvalue weighted by atomic mass is 10.0. The highest BCUT2D eigenvalue weighted by Crippen LogP contribution is 2.36. The van der Waals surface area contributed by atoms with Gasteiger partial charge in [0.25, 0.3) is 0 Å². The highest BCUT2D eigenvalue weighted by Gasteiger charge is 2.31. The molecule has 6 nitrogen and oxygen atoms in total. The van der Waals surface area contributed by atoms with Gasteiger partial charge in [-0.15, -0.1) is 0 Å². The first-order chi connectivity index (χ1) is 14.5. The number of benzene rings is 2. The molecule has 0 radical (unpaired) electrons. The van der Waals surface area contributed by atoms with E-state index in [0.717, 1.165) is 26.6 Å². The number of hydrogen-bond donors (Lipinski definition) is 2. The molecule has 1 saturated heterocycles. The van der Waals surface area contributed by atoms with Gasteiger partial charge in [-0.25, -0.2) is 4.79 Å². The minimum absolute atomic E-state index is 0.190. The van der Waals surface area contributed by atoms with E-state index in [1.54, 1.807) is 6.20 Å². The molecular formula is C22H21BrClN3O3. The average molecular weight is 491 g/mol. The summed E-state index contributed by atoms with van der Waals surface area (Å²) in [5.74, 6) is 0. The average Bonchev–Trinajstić information content (AvgIpc) is 2.74. The van der Waals surface area contributed by atoms with Gasteiger partial charge in [-0.1, -0.05) is 57.9 Å². The fourth-order valence-corrected chi connectivity index (χ4v) is 4.30. The number of aromatic nitrogens is 1. The van der Waals surface area contributed by atoms with Crippen molar-refractivity contribution in [3.8, 4) is 0 Å². The maximum absolute atomic E-state index is 12.2. The van der Waals surface area contributed by atoms with Crippen LogP contribution in [-0.4, -0.2) is 41.4 Å². The summed E-state index contributed by atoms with van der Waals surface area (Å²) in [4.78, 5) is 18.6. The van der Waals surface area contributed by atoms with Crippen LogP contribution in [0.15, 0.2) is 59.2 Å². The third-order valence-electron chi connectivity index (χ3n) is 5.17. The second-order valence-electron chi connectivity index (χ2n) is 7.23. The lowest BCUT2D eigenvalue weighted by Gasteiger charge is -2.38. The summed E-state index contributed by atoms with van der Waals surface area (Å²) in [5.41, 5.74) is 2.58. The molecule has 2 atom stereocenters. The molecule has 156 valence electrons. The van der Waals surface area contributed by atoms with Crippen molar-refractivity contribution in [3.63, 3.8) is 0 Å². The molecular weight excluding hydrogens is 470 g/mol. The van der Waals surface area contributed by atoms with Crippen LogP contribution >= 0.6 is 27.5 Å². The van der Waals surface area contributed by atoms with E-state index in [0.29, 0.717) is 24.5 Å². The molecule has 30 heavy (non-hydrogen) atoms. The van der Waals surface area contributed by atoms with Crippen LogP contribution < -0.4 is 10.2 Å². The Hall–Kier alpha value is -2.35. The topological polar surface area (TPSA) is 74.7 Å². The zero-order valence-corrected chi connectivity index (χ0v) is 18.4. The summed E-state index contributed by atoms with van der Waals surface area (Å²) < 4.78 is 6.20. The van der Waals surface area contributed by atoms with Gasteiger partial charge in [0.05, 0.1) is 28.4 Å². The molecule has 0 spiro atoms. The van der Waals surface area contributed by atoms with E-state index < -0.39 is 12.2 Å². The third-order valence-corrected chi connectivity index (χ3v) is 5.94. The molecule has 8 heteroatoms. The van der Waals surface area contributed by atoms with E-state index in [2.05, 4.69) is 26.2 Å². The number of ether oxygens (including phenoxy) is 1. The Morgan fingerprint density at radius 2 is 2.10 bits per heavy atom. The number of nitrogens with zero attached hydrogens (tertiary/aromatic N) is 2. The summed E-state index contributed by atoms with van der Waals surface area (Å²) in [6, 6.07) is 14.9. The highest BCUT2D eigenvalue weighted by molar-refractivity contribution is 9.10. The second kappa shape index (κ2) is 9.20. The minimum Gasteiger partial charge on any atom is -0.445 e. The Labute approximate surface area is 187 Å². The van der Waals surface area contributed by atoms with Gasteiger partial charge < -0.3 is 20.1 Å². The number of aliphatic hydroxyl groups is 1. The van der Waals surface area contributed by atoms with E-state index in [4.69, 9.17) is 16.3 Å². The molecule has 0 bridgehead atoms. The minimum atomic E-state index is -0.755. The van der Waals surface area contributed by atoms with Crippen molar-refractivity contribution in [2.75, 3.05) is 18.0 Å². The predicted molar refractivity (Wildman–Crippen MR) is 121 cm³/mol. The van der Waals surface area contributed by atoms with Gasteiger partial charge in [-0.3, -0.25) is 4.98 Å². The molecule has 2 aromatic carbocycles. The molecule has 0 saturated carbocycles. The number of aliphatic hydroxyl groups excluding tert-OH is 1. The quantitative estimate of drug-likeness (QED) is 0.563. The lowest BCUT2D eigenvalue weighted by Crippen LogP contribution is -2.54. The van der Waals surface area contributed by atoms with Crippen molar-refractivity contribution in [1.82, 2.24) is 10.3 Å². The summed E-state index contributed by atoms with van der Waals surface area (Å²) in [6.07, 6.45) is 0.905. The van der Waals surface area contributed by atoms with E-state index in [9.17, 15) is 9.90 Å². The van der Waals surface area contributed by atoms with Crippen LogP contribution in [0.25, 0.3) is 10.9 Å². The van der Waals surface area contributed by atoms with E-state index in [-0.39, 0.29) is 12.6 Å². The van der Waals surface area contributed by atoms with Gasteiger partial charge in [-0.05, 0) is 30.2 Å². The molecule has 1 aromatic heterocycles. The van der Waals surface area contributed by atoms with Crippen LogP contribution in [0.2, 0.25) is 5.02 Å². The number of β-amino-alcohol motifs (C(OH)–C–C–N with tert-alkyl or cyclic N) is 1. The number of anilines is 1. The summed E-state index contributed by atoms with van der Waals surface area (Å²) in [7, 11) is 0. The number of hydrogen-bond acceptors (Lipinski definition) is 5. The number of carbonyl (C=O) groups excluding carboxylic acids is 1. The number of carbonyl (C=O) groups is 1. The standard InChI is InChI=1S/C22H21BrClN3O3/c23-15-6-7-18-16(10-15)21(17(24)11-25-18)27-9-8-19(20(28)12-27)26-22(29)30-13-14-4-2-1-3-5-14/h1-7,10-11,19-20,28H,8-9,12-13H2,(H,26,29)/t19-,20+/m0/s1. The number of halogens is 2. The summed E-state index contributed by atoms with van der Waals surface area (Å²) >= 11 is 9.96. The lowest BCUT2D eigenvalue weighted by molar-refractivity contribution is 0.0933. The van der Waals surface area contributed by atoms with Crippen molar-refractivity contribution in [2.45, 2.75) is 25.2 Å². The zero-order valence-electron chi connectivity index (χ0n) is 16.1. The summed E-state index contributed by atoms with van der Waals surface area (Å²) in [6.45, 7) is 1.16. The molecule has 1 aliphatic heterocycles. The van der Waals surface area contributed by atoms with E-state index >= 15 is 0 Å². The second-order valence-corrected chi connectivity index (χ2v) is 8.55. The van der Waals surface area contributed by atoms with E-state index in [1.165, 1.54) is 0 Å². The molecule has 2 N–H and O–H groups in total. The van der Waals surface area contributed by atoms with Gasteiger partial charge in [0.1, 0.15) is 6.61 Å². The smallest absolute Gasteiger partial charge is 0.407 e. The Morgan fingerprint density at radius 3 is 2.87 bits per heavy atom. The van der Waals surface area contributed by atoms with Gasteiger partial charge in [0.15, 0.2) is 0 Å². The van der Waals surface area contributed by atoms with Crippen LogP contribution in [0.4, 0.5) is 10.5 Å². The number of amides is 1. The first kappa shape index (κ1) is 20.9. The monoisotopic (exact) mass is 489 g/mol. The van der Waals surface area contributed by atoms with Gasteiger partial charge in [-0.2, -0.15) is 0 Å². The largest absolute Gasteiger partial charge is 0.445 e. The van der Waals surface area contributed by atoms with Gasteiger partial charge in [0.2, 0.25) is 0 Å². The first-order valence-electron chi connectivity index (χ1n) is 9.65. The molecule has 1 fully saturated rings. The number of fused-ring (bicyclic) bond motifs is 1. The first-order valence-corrected chi connectivity index (χ1v) is 10.8. The molecule has 4 rings (SSSR count). The molecule has 1 amide bonds. The number of pyridine rings is 1. The molecule has 3 aromatic rings. The van der Waals surface area contributed by atoms with Crippen LogP contribution in [-0.2, 0) is 11.3 Å². The molecule has 0 unspecified atom stereocenters. The molecule has 2 heterocycles. The van der Waals surface area contributed by atoms with Crippen molar-refractivity contribution < 1.29 is 14.6 Å². The number of nitrogens with one attached hydrogen (secondary N) is 1. The third kappa shape index (κ3) is 4.69. The van der Waals surface area contributed by atoms with Crippen molar-refractivity contribution in [3.05, 3.63) is 69.8 Å². The maximum atomic E-state index is 12.2. The number of rotatable bonds is 4. The van der Waals surface area contributed by atoms with Gasteiger partial charge in [0, 0.05) is 29.1 Å². The summed E-state index contributed by atoms with van der Waals surface area (Å²) in [5, 5.41) is 14.9. The van der Waals surface area contributed by atoms with E-state index in [1.807, 2.05) is 53.4 Å². The van der Waals surface area contributed by atoms with Crippen molar-refractivity contribution in [2.24, 2.45) is 0 Å². The Morgan fingerprint density at radius 1 is 1.30 bits per heavy atom. The van der Waals surface area contributed by atoms with Crippen molar-refractivity contribution >= 4 is 50.2 Å². The number of piperidine rings is 1. The number of alkyl carbamates (subject to hydrolysis) is 1. The van der Waals surface area contributed by atoms with Crippen molar-refractivity contribution in [1.29, 1.82) is 0 Å². The molecule has 1 aliphatic rings. The Balaban J connectivity index is 1.41. The SMILES string of the molecule is O=C(N[C@H]1CCN(c2c(Cl)cnc3ccc(Br)cc23)C[C@H]1O)OCc1ccccc1. The Bertz CT molecular complexity index is 1050. The molecule has 0 aliphatic carbocycles. The van der Waals surface area contributed by atoms with Crippen LogP contribution in [0.1, 0.15) is 12.0 Å². The van der Waals surface area contributed by atoms with Crippen LogP contribution in [0.5, 0.6) is 0 Å². The maximum Gasteiger partial charge on any atom is 0.407 e. The van der Waals surface area contributed by atoms with Crippen LogP contribution in [0, 0.1) is 0 Å². The van der Waals surface area contributed by atoms with Crippen LogP contribution in [0.3, 0.4) is 0 Å². The zero-order chi connectivity index (χ0) is 21.1. The normalized spacial score (nSPS) is 19.0. The fourth-order valence-electron chi connectivity index (χ4n) is 3.67. The fraction of sp³-hybridized carbons (Fsp3) is 0.273. The van der Waals surface area contributed by atoms with Gasteiger partial charge >= 0.3 is 6.09 Å². The predicted octanol–water partition coefficient (Wildman–Crippen LogP) is 4.52. The highest BCUT2D eigenvalue weighted by atomic mass is 79.9.